The highest BCUT2D eigenvalue weighted by Gasteiger charge is 2.33. The molecule has 0 radical (unpaired) electrons. The topological polar surface area (TPSA) is 65.9 Å². The second kappa shape index (κ2) is 12.9. The van der Waals surface area contributed by atoms with Crippen molar-refractivity contribution in [3.05, 3.63) is 81.9 Å². The third-order valence-electron chi connectivity index (χ3n) is 8.97. The summed E-state index contributed by atoms with van der Waals surface area (Å²) in [4.78, 5) is 21.6. The zero-order chi connectivity index (χ0) is 29.9. The number of hydrogen-bond acceptors (Lipinski definition) is 5. The molecule has 224 valence electrons. The number of carboxylic acid groups (broad SMARTS) is 1. The van der Waals surface area contributed by atoms with Gasteiger partial charge in [0.05, 0.1) is 17.7 Å². The average Bonchev–Trinajstić information content (AvgIpc) is 2.94. The van der Waals surface area contributed by atoms with Gasteiger partial charge in [-0.25, -0.2) is 4.39 Å². The predicted octanol–water partition coefficient (Wildman–Crippen LogP) is 7.00. The largest absolute Gasteiger partial charge is 0.481 e. The molecule has 0 saturated carbocycles. The van der Waals surface area contributed by atoms with Gasteiger partial charge in [0, 0.05) is 55.3 Å². The predicted molar refractivity (Wildman–Crippen MR) is 165 cm³/mol. The van der Waals surface area contributed by atoms with E-state index < -0.39 is 5.97 Å². The monoisotopic (exact) mass is 573 g/mol. The number of rotatable bonds is 4. The Morgan fingerprint density at radius 1 is 1.00 bits per heavy atom. The first-order valence-electron chi connectivity index (χ1n) is 15.3. The number of aromatic nitrogens is 1. The summed E-state index contributed by atoms with van der Waals surface area (Å²) in [5.74, 6) is -1.01. The number of hydrogen-bond donors (Lipinski definition) is 1. The van der Waals surface area contributed by atoms with E-state index in [1.165, 1.54) is 5.56 Å². The van der Waals surface area contributed by atoms with E-state index in [9.17, 15) is 14.3 Å². The lowest BCUT2D eigenvalue weighted by molar-refractivity contribution is -0.136. The third-order valence-corrected chi connectivity index (χ3v) is 8.97. The Morgan fingerprint density at radius 2 is 1.74 bits per heavy atom. The zero-order valence-corrected chi connectivity index (χ0v) is 25.5. The Morgan fingerprint density at radius 3 is 2.43 bits per heavy atom. The number of carboxylic acids is 1. The number of benzene rings is 2. The molecule has 0 atom stereocenters. The van der Waals surface area contributed by atoms with Gasteiger partial charge in [0.25, 0.3) is 0 Å². The van der Waals surface area contributed by atoms with Crippen LogP contribution in [0, 0.1) is 26.6 Å². The van der Waals surface area contributed by atoms with E-state index in [0.717, 1.165) is 111 Å². The lowest BCUT2D eigenvalue weighted by Crippen LogP contribution is -2.45. The number of nitrogens with zero attached hydrogens (tertiary/aromatic N) is 3. The summed E-state index contributed by atoms with van der Waals surface area (Å²) in [6.45, 7) is 12.9. The van der Waals surface area contributed by atoms with Gasteiger partial charge in [-0.3, -0.25) is 14.7 Å². The molecule has 3 aromatic rings. The molecule has 4 aliphatic rings. The van der Waals surface area contributed by atoms with Crippen LogP contribution in [-0.4, -0.2) is 52.8 Å². The highest BCUT2D eigenvalue weighted by molar-refractivity contribution is 5.86. The van der Waals surface area contributed by atoms with Crippen LogP contribution in [0.3, 0.4) is 0 Å². The van der Waals surface area contributed by atoms with Gasteiger partial charge in [-0.2, -0.15) is 0 Å². The minimum atomic E-state index is -0.845. The van der Waals surface area contributed by atoms with Crippen molar-refractivity contribution in [3.63, 3.8) is 0 Å². The molecule has 7 heteroatoms. The molecule has 4 bridgehead atoms. The van der Waals surface area contributed by atoms with E-state index in [1.807, 2.05) is 32.9 Å². The maximum absolute atomic E-state index is 13.9. The zero-order valence-electron chi connectivity index (χ0n) is 25.5. The summed E-state index contributed by atoms with van der Waals surface area (Å²) in [5, 5.41) is 9.82. The van der Waals surface area contributed by atoms with Crippen LogP contribution in [0.2, 0.25) is 0 Å². The first-order chi connectivity index (χ1) is 20.1. The second-order valence-corrected chi connectivity index (χ2v) is 12.4. The van der Waals surface area contributed by atoms with Crippen molar-refractivity contribution >= 4 is 11.7 Å². The van der Waals surface area contributed by atoms with Crippen molar-refractivity contribution < 1.29 is 19.0 Å². The molecule has 6 nitrogen and oxygen atoms in total. The maximum atomic E-state index is 13.9. The molecule has 1 aromatic heterocycles. The summed E-state index contributed by atoms with van der Waals surface area (Å²) in [5.41, 5.74) is 8.39. The van der Waals surface area contributed by atoms with Gasteiger partial charge >= 0.3 is 5.97 Å². The van der Waals surface area contributed by atoms with E-state index in [-0.39, 0.29) is 17.8 Å². The number of carbonyl (C=O) groups is 1. The lowest BCUT2D eigenvalue weighted by atomic mass is 9.89. The normalized spacial score (nSPS) is 18.0. The number of ether oxygens (including phenoxy) is 1. The van der Waals surface area contributed by atoms with Crippen molar-refractivity contribution in [1.29, 1.82) is 0 Å². The number of piperidine rings is 1. The summed E-state index contributed by atoms with van der Waals surface area (Å²) < 4.78 is 20.4. The lowest BCUT2D eigenvalue weighted by Gasteiger charge is -2.42. The minimum Gasteiger partial charge on any atom is -0.481 e. The van der Waals surface area contributed by atoms with Crippen molar-refractivity contribution in [2.24, 2.45) is 0 Å². The highest BCUT2D eigenvalue weighted by atomic mass is 19.1. The number of halogens is 1. The van der Waals surface area contributed by atoms with Crippen LogP contribution < -0.4 is 4.90 Å². The minimum absolute atomic E-state index is 0.0540. The summed E-state index contributed by atoms with van der Waals surface area (Å²) in [6, 6.07) is 14.1. The first kappa shape index (κ1) is 30.2. The van der Waals surface area contributed by atoms with Gasteiger partial charge < -0.3 is 14.7 Å². The Labute approximate surface area is 249 Å². The Kier molecular flexibility index (Phi) is 9.28. The fraction of sp³-hybridized carbons (Fsp3) is 0.486. The summed E-state index contributed by atoms with van der Waals surface area (Å²) in [7, 11) is 0. The van der Waals surface area contributed by atoms with Crippen molar-refractivity contribution in [2.45, 2.75) is 84.9 Å². The first-order valence-corrected chi connectivity index (χ1v) is 15.3. The molecule has 5 heterocycles. The maximum Gasteiger partial charge on any atom is 0.307 e. The highest BCUT2D eigenvalue weighted by Crippen LogP contribution is 2.41. The molecule has 2 aromatic carbocycles. The van der Waals surface area contributed by atoms with Crippen molar-refractivity contribution in [2.75, 3.05) is 31.1 Å². The SMILES string of the molecule is Cc1cc(CN2CCCCCOC3(C)CCN(CC3)c3c(CC(=O)O)c(C)nc(C)c3-c3ccc(cc3)C2)ccc1F. The molecular weight excluding hydrogens is 529 g/mol. The molecular formula is C35H44FN3O3. The van der Waals surface area contributed by atoms with Crippen LogP contribution in [-0.2, 0) is 29.0 Å². The van der Waals surface area contributed by atoms with Crippen LogP contribution >= 0.6 is 0 Å². The molecule has 0 spiro atoms. The molecule has 0 amide bonds. The average molecular weight is 574 g/mol. The quantitative estimate of drug-likeness (QED) is 0.363. The van der Waals surface area contributed by atoms with Gasteiger partial charge in [-0.05, 0) is 94.7 Å². The van der Waals surface area contributed by atoms with Gasteiger partial charge in [-0.1, -0.05) is 36.4 Å². The molecule has 0 aliphatic carbocycles. The number of fused-ring (bicyclic) bond motifs is 2. The number of anilines is 1. The van der Waals surface area contributed by atoms with Crippen molar-refractivity contribution in [3.8, 4) is 11.1 Å². The number of aryl methyl sites for hydroxylation is 3. The molecule has 0 unspecified atom stereocenters. The van der Waals surface area contributed by atoms with Crippen LogP contribution in [0.4, 0.5) is 10.1 Å². The van der Waals surface area contributed by atoms with Gasteiger partial charge in [0.15, 0.2) is 0 Å². The molecule has 42 heavy (non-hydrogen) atoms. The standard InChI is InChI=1S/C35H44FN3O3/c1-24-20-28(10-13-31(24)36)23-38-16-6-5-7-19-42-35(4)14-17-39(18-15-35)34-30(21-32(40)41)25(2)37-26(3)33(34)29-11-8-27(22-38)9-12-29/h8-13,20H,5-7,14-19,21-23H2,1-4H3,(H,40,41). The van der Waals surface area contributed by atoms with Gasteiger partial charge in [0.2, 0.25) is 0 Å². The van der Waals surface area contributed by atoms with Crippen LogP contribution in [0.1, 0.15) is 72.7 Å². The second-order valence-electron chi connectivity index (χ2n) is 12.4. The Bertz CT molecular complexity index is 1410. The summed E-state index contributed by atoms with van der Waals surface area (Å²) in [6.07, 6.45) is 4.93. The Balaban J connectivity index is 1.52. The van der Waals surface area contributed by atoms with E-state index in [0.29, 0.717) is 5.56 Å². The fourth-order valence-electron chi connectivity index (χ4n) is 6.52. The molecule has 7 rings (SSSR count). The number of pyridine rings is 1. The molecule has 4 aliphatic heterocycles. The fourth-order valence-corrected chi connectivity index (χ4v) is 6.52. The van der Waals surface area contributed by atoms with Crippen LogP contribution in [0.5, 0.6) is 0 Å². The molecule has 1 N–H and O–H groups in total. The van der Waals surface area contributed by atoms with Gasteiger partial charge in [0.1, 0.15) is 5.82 Å². The summed E-state index contributed by atoms with van der Waals surface area (Å²) >= 11 is 0. The van der Waals surface area contributed by atoms with Crippen LogP contribution in [0.25, 0.3) is 11.1 Å². The Hall–Kier alpha value is -3.29. The third kappa shape index (κ3) is 7.01. The molecule has 1 saturated heterocycles. The van der Waals surface area contributed by atoms with E-state index >= 15 is 0 Å². The van der Waals surface area contributed by atoms with Crippen LogP contribution in [0.15, 0.2) is 42.5 Å². The number of aliphatic carboxylic acids is 1. The van der Waals surface area contributed by atoms with E-state index in [1.54, 1.807) is 6.07 Å². The van der Waals surface area contributed by atoms with E-state index in [4.69, 9.17) is 9.72 Å². The van der Waals surface area contributed by atoms with E-state index in [2.05, 4.69) is 41.0 Å². The molecule has 1 fully saturated rings. The van der Waals surface area contributed by atoms with Crippen molar-refractivity contribution in [1.82, 2.24) is 9.88 Å². The smallest absolute Gasteiger partial charge is 0.307 e. The van der Waals surface area contributed by atoms with Gasteiger partial charge in [-0.15, -0.1) is 0 Å².